The summed E-state index contributed by atoms with van der Waals surface area (Å²) in [5.41, 5.74) is 2.76. The van der Waals surface area contributed by atoms with Gasteiger partial charge in [0.25, 0.3) is 0 Å². The largest absolute Gasteiger partial charge is 0.497 e. The highest BCUT2D eigenvalue weighted by Gasteiger charge is 2.19. The van der Waals surface area contributed by atoms with Gasteiger partial charge in [0, 0.05) is 16.8 Å². The van der Waals surface area contributed by atoms with Gasteiger partial charge in [0.1, 0.15) is 5.75 Å². The Labute approximate surface area is 113 Å². The molecule has 3 nitrogen and oxygen atoms in total. The smallest absolute Gasteiger partial charge is 0.118 e. The van der Waals surface area contributed by atoms with E-state index in [-0.39, 0.29) is 0 Å². The molecule has 19 heavy (non-hydrogen) atoms. The Hall–Kier alpha value is -1.87. The van der Waals surface area contributed by atoms with Gasteiger partial charge in [0.15, 0.2) is 0 Å². The van der Waals surface area contributed by atoms with Gasteiger partial charge in [-0.3, -0.25) is 4.98 Å². The Balaban J connectivity index is 2.38. The van der Waals surface area contributed by atoms with E-state index in [1.807, 2.05) is 43.3 Å². The third-order valence-electron chi connectivity index (χ3n) is 3.13. The number of pyridine rings is 1. The van der Waals surface area contributed by atoms with Crippen LogP contribution in [-0.4, -0.2) is 17.2 Å². The second kappa shape index (κ2) is 5.02. The number of nitrogens with zero attached hydrogens (tertiary/aromatic N) is 1. The van der Waals surface area contributed by atoms with E-state index in [4.69, 9.17) is 4.74 Å². The summed E-state index contributed by atoms with van der Waals surface area (Å²) in [7, 11) is 1.65. The molecule has 0 bridgehead atoms. The van der Waals surface area contributed by atoms with Crippen molar-refractivity contribution < 1.29 is 9.84 Å². The monoisotopic (exact) mass is 257 g/mol. The highest BCUT2D eigenvalue weighted by molar-refractivity contribution is 5.60. The molecular formula is C16H19NO2. The summed E-state index contributed by atoms with van der Waals surface area (Å²) in [5.74, 6) is 0.827. The normalized spacial score (nSPS) is 11.4. The molecule has 0 atom stereocenters. The van der Waals surface area contributed by atoms with E-state index in [2.05, 4.69) is 4.98 Å². The predicted molar refractivity (Wildman–Crippen MR) is 76.2 cm³/mol. The van der Waals surface area contributed by atoms with Crippen molar-refractivity contribution in [2.75, 3.05) is 7.11 Å². The topological polar surface area (TPSA) is 42.4 Å². The van der Waals surface area contributed by atoms with E-state index in [0.29, 0.717) is 0 Å². The third kappa shape index (κ3) is 2.93. The van der Waals surface area contributed by atoms with Gasteiger partial charge in [-0.2, -0.15) is 0 Å². The molecule has 0 aliphatic heterocycles. The lowest BCUT2D eigenvalue weighted by atomic mass is 9.96. The number of aryl methyl sites for hydroxylation is 1. The molecule has 0 amide bonds. The lowest BCUT2D eigenvalue weighted by molar-refractivity contribution is 0.0775. The van der Waals surface area contributed by atoms with Crippen LogP contribution < -0.4 is 4.74 Å². The molecule has 0 unspecified atom stereocenters. The van der Waals surface area contributed by atoms with E-state index in [1.54, 1.807) is 21.0 Å². The number of aliphatic hydroxyl groups is 1. The van der Waals surface area contributed by atoms with Gasteiger partial charge >= 0.3 is 0 Å². The van der Waals surface area contributed by atoms with Crippen LogP contribution in [0.1, 0.15) is 25.1 Å². The number of benzene rings is 1. The first kappa shape index (κ1) is 13.6. The van der Waals surface area contributed by atoms with E-state index < -0.39 is 5.60 Å². The van der Waals surface area contributed by atoms with Crippen LogP contribution in [0.25, 0.3) is 11.3 Å². The highest BCUT2D eigenvalue weighted by Crippen LogP contribution is 2.26. The zero-order valence-corrected chi connectivity index (χ0v) is 11.8. The fourth-order valence-corrected chi connectivity index (χ4v) is 2.13. The maximum Gasteiger partial charge on any atom is 0.118 e. The van der Waals surface area contributed by atoms with E-state index in [1.165, 1.54) is 0 Å². The zero-order valence-electron chi connectivity index (χ0n) is 11.8. The SMILES string of the molecule is COc1ccc(-c2ccc(C(C)(C)O)c(C)n2)cc1. The van der Waals surface area contributed by atoms with Crippen LogP contribution >= 0.6 is 0 Å². The molecule has 1 aromatic heterocycles. The fourth-order valence-electron chi connectivity index (χ4n) is 2.13. The van der Waals surface area contributed by atoms with Gasteiger partial charge in [0.2, 0.25) is 0 Å². The molecule has 0 radical (unpaired) electrons. The number of rotatable bonds is 3. The van der Waals surface area contributed by atoms with E-state index in [0.717, 1.165) is 28.3 Å². The Morgan fingerprint density at radius 1 is 1.05 bits per heavy atom. The van der Waals surface area contributed by atoms with Crippen molar-refractivity contribution in [3.8, 4) is 17.0 Å². The minimum absolute atomic E-state index is 0.827. The van der Waals surface area contributed by atoms with Crippen LogP contribution in [0.15, 0.2) is 36.4 Å². The summed E-state index contributed by atoms with van der Waals surface area (Å²) in [5, 5.41) is 10.0. The molecule has 0 saturated carbocycles. The molecule has 0 aliphatic rings. The first-order valence-electron chi connectivity index (χ1n) is 6.27. The fraction of sp³-hybridized carbons (Fsp3) is 0.312. The lowest BCUT2D eigenvalue weighted by Gasteiger charge is -2.20. The standard InChI is InChI=1S/C16H19NO2/c1-11-14(16(2,3)18)9-10-15(17-11)12-5-7-13(19-4)8-6-12/h5-10,18H,1-4H3. The summed E-state index contributed by atoms with van der Waals surface area (Å²) in [4.78, 5) is 4.56. The number of aromatic nitrogens is 1. The van der Waals surface area contributed by atoms with Crippen molar-refractivity contribution in [3.05, 3.63) is 47.7 Å². The van der Waals surface area contributed by atoms with Crippen LogP contribution in [0.4, 0.5) is 0 Å². The van der Waals surface area contributed by atoms with Crippen LogP contribution in [0, 0.1) is 6.92 Å². The van der Waals surface area contributed by atoms with Gasteiger partial charge in [-0.05, 0) is 51.1 Å². The van der Waals surface area contributed by atoms with Crippen molar-refractivity contribution in [2.45, 2.75) is 26.4 Å². The summed E-state index contributed by atoms with van der Waals surface area (Å²) in [6.07, 6.45) is 0. The molecular weight excluding hydrogens is 238 g/mol. The van der Waals surface area contributed by atoms with Crippen molar-refractivity contribution in [2.24, 2.45) is 0 Å². The Bertz CT molecular complexity index is 568. The van der Waals surface area contributed by atoms with Crippen molar-refractivity contribution in [1.82, 2.24) is 4.98 Å². The Morgan fingerprint density at radius 3 is 2.16 bits per heavy atom. The van der Waals surface area contributed by atoms with E-state index >= 15 is 0 Å². The number of ether oxygens (including phenoxy) is 1. The van der Waals surface area contributed by atoms with Gasteiger partial charge in [-0.25, -0.2) is 0 Å². The third-order valence-corrected chi connectivity index (χ3v) is 3.13. The van der Waals surface area contributed by atoms with Crippen molar-refractivity contribution in [3.63, 3.8) is 0 Å². The Morgan fingerprint density at radius 2 is 1.68 bits per heavy atom. The minimum atomic E-state index is -0.866. The number of hydrogen-bond donors (Lipinski definition) is 1. The average Bonchev–Trinajstić information content (AvgIpc) is 2.37. The quantitative estimate of drug-likeness (QED) is 0.917. The Kier molecular flexibility index (Phi) is 3.58. The van der Waals surface area contributed by atoms with Crippen molar-refractivity contribution >= 4 is 0 Å². The zero-order chi connectivity index (χ0) is 14.0. The van der Waals surface area contributed by atoms with Gasteiger partial charge in [-0.15, -0.1) is 0 Å². The molecule has 1 aromatic carbocycles. The summed E-state index contributed by atoms with van der Waals surface area (Å²) >= 11 is 0. The molecule has 0 fully saturated rings. The van der Waals surface area contributed by atoms with Gasteiger partial charge in [0.05, 0.1) is 18.4 Å². The van der Waals surface area contributed by atoms with Crippen LogP contribution in [0.3, 0.4) is 0 Å². The molecule has 2 rings (SSSR count). The molecule has 0 saturated heterocycles. The number of methoxy groups -OCH3 is 1. The summed E-state index contributed by atoms with van der Waals surface area (Å²) in [6, 6.07) is 11.6. The van der Waals surface area contributed by atoms with E-state index in [9.17, 15) is 5.11 Å². The molecule has 100 valence electrons. The first-order chi connectivity index (χ1) is 8.91. The molecule has 0 aliphatic carbocycles. The maximum atomic E-state index is 10.0. The predicted octanol–water partition coefficient (Wildman–Crippen LogP) is 3.29. The van der Waals surface area contributed by atoms with Crippen molar-refractivity contribution in [1.29, 1.82) is 0 Å². The minimum Gasteiger partial charge on any atom is -0.497 e. The molecule has 3 heteroatoms. The first-order valence-corrected chi connectivity index (χ1v) is 6.27. The highest BCUT2D eigenvalue weighted by atomic mass is 16.5. The lowest BCUT2D eigenvalue weighted by Crippen LogP contribution is -2.17. The van der Waals surface area contributed by atoms with Crippen LogP contribution in [-0.2, 0) is 5.60 Å². The van der Waals surface area contributed by atoms with Gasteiger partial charge < -0.3 is 9.84 Å². The second-order valence-corrected chi connectivity index (χ2v) is 5.12. The summed E-state index contributed by atoms with van der Waals surface area (Å²) in [6.45, 7) is 5.45. The summed E-state index contributed by atoms with van der Waals surface area (Å²) < 4.78 is 5.14. The van der Waals surface area contributed by atoms with Gasteiger partial charge in [-0.1, -0.05) is 6.07 Å². The number of hydrogen-bond acceptors (Lipinski definition) is 3. The van der Waals surface area contributed by atoms with Crippen LogP contribution in [0.2, 0.25) is 0 Å². The van der Waals surface area contributed by atoms with Crippen LogP contribution in [0.5, 0.6) is 5.75 Å². The maximum absolute atomic E-state index is 10.0. The second-order valence-electron chi connectivity index (χ2n) is 5.12. The molecule has 2 aromatic rings. The average molecular weight is 257 g/mol. The molecule has 1 heterocycles. The molecule has 1 N–H and O–H groups in total. The molecule has 0 spiro atoms.